The quantitative estimate of drug-likeness (QED) is 0.559. The van der Waals surface area contributed by atoms with Gasteiger partial charge in [0.2, 0.25) is 0 Å². The van der Waals surface area contributed by atoms with Crippen molar-refractivity contribution in [3.8, 4) is 0 Å². The van der Waals surface area contributed by atoms with Gasteiger partial charge >= 0.3 is 5.97 Å². The van der Waals surface area contributed by atoms with E-state index in [-0.39, 0.29) is 11.6 Å². The van der Waals surface area contributed by atoms with E-state index in [1.165, 1.54) is 51.4 Å². The Morgan fingerprint density at radius 2 is 1.79 bits per heavy atom. The number of ether oxygens (including phenoxy) is 1. The van der Waals surface area contributed by atoms with Crippen molar-refractivity contribution < 1.29 is 9.53 Å². The molecule has 2 heteroatoms. The van der Waals surface area contributed by atoms with Gasteiger partial charge < -0.3 is 4.74 Å². The molecule has 0 radical (unpaired) electrons. The summed E-state index contributed by atoms with van der Waals surface area (Å²) in [5, 5.41) is 0. The Morgan fingerprint density at radius 1 is 1.11 bits per heavy atom. The molecule has 0 aromatic rings. The number of rotatable bonds is 4. The summed E-state index contributed by atoms with van der Waals surface area (Å²) in [6.07, 6.45) is 11.6. The summed E-state index contributed by atoms with van der Waals surface area (Å²) in [7, 11) is 0. The molecule has 2 unspecified atom stereocenters. The van der Waals surface area contributed by atoms with E-state index in [1.54, 1.807) is 6.92 Å². The molecule has 0 bridgehead atoms. The molecule has 0 N–H and O–H groups in total. The first kappa shape index (κ1) is 13.2. The maximum absolute atomic E-state index is 12.1. The number of carbonyl (C=O) groups is 1. The highest BCUT2D eigenvalue weighted by Crippen LogP contribution is 2.57. The van der Waals surface area contributed by atoms with Gasteiger partial charge in [-0.25, -0.2) is 4.79 Å². The summed E-state index contributed by atoms with van der Waals surface area (Å²) >= 11 is 0. The molecule has 3 saturated carbocycles. The van der Waals surface area contributed by atoms with Crippen LogP contribution in [-0.4, -0.2) is 11.6 Å². The van der Waals surface area contributed by atoms with Gasteiger partial charge in [0.05, 0.1) is 0 Å². The van der Waals surface area contributed by atoms with Gasteiger partial charge in [-0.1, -0.05) is 32.3 Å². The van der Waals surface area contributed by atoms with Crippen molar-refractivity contribution in [3.63, 3.8) is 0 Å². The Kier molecular flexibility index (Phi) is 3.44. The van der Waals surface area contributed by atoms with Crippen molar-refractivity contribution in [2.75, 3.05) is 0 Å². The van der Waals surface area contributed by atoms with Crippen molar-refractivity contribution >= 4 is 5.97 Å². The van der Waals surface area contributed by atoms with Crippen LogP contribution < -0.4 is 0 Å². The van der Waals surface area contributed by atoms with Crippen LogP contribution in [0.1, 0.15) is 64.7 Å². The van der Waals surface area contributed by atoms with E-state index in [9.17, 15) is 4.79 Å². The van der Waals surface area contributed by atoms with Gasteiger partial charge in [0.1, 0.15) is 5.60 Å². The normalized spacial score (nSPS) is 35.5. The first-order chi connectivity index (χ1) is 9.13. The molecule has 0 amide bonds. The molecule has 3 rings (SSSR count). The van der Waals surface area contributed by atoms with E-state index < -0.39 is 0 Å². The minimum Gasteiger partial charge on any atom is -0.455 e. The van der Waals surface area contributed by atoms with E-state index >= 15 is 0 Å². The molecule has 2 atom stereocenters. The minimum absolute atomic E-state index is 0.120. The second kappa shape index (κ2) is 4.96. The summed E-state index contributed by atoms with van der Waals surface area (Å²) in [5.74, 6) is 1.92. The zero-order valence-corrected chi connectivity index (χ0v) is 12.1. The Morgan fingerprint density at radius 3 is 2.37 bits per heavy atom. The molecule has 0 aromatic carbocycles. The fourth-order valence-corrected chi connectivity index (χ4v) is 4.57. The minimum atomic E-state index is -0.156. The van der Waals surface area contributed by atoms with Crippen LogP contribution in [0.5, 0.6) is 0 Å². The molecule has 0 spiro atoms. The molecule has 106 valence electrons. The van der Waals surface area contributed by atoms with Gasteiger partial charge in [-0.3, -0.25) is 0 Å². The van der Waals surface area contributed by atoms with Crippen molar-refractivity contribution in [2.24, 2.45) is 17.8 Å². The summed E-state index contributed by atoms with van der Waals surface area (Å²) in [6.45, 7) is 5.52. The molecule has 3 fully saturated rings. The largest absolute Gasteiger partial charge is 0.455 e. The lowest BCUT2D eigenvalue weighted by Gasteiger charge is -2.39. The van der Waals surface area contributed by atoms with Crippen molar-refractivity contribution in [2.45, 2.75) is 70.3 Å². The van der Waals surface area contributed by atoms with Gasteiger partial charge in [0.15, 0.2) is 0 Å². The molecule has 0 heterocycles. The lowest BCUT2D eigenvalue weighted by molar-refractivity contribution is -0.164. The van der Waals surface area contributed by atoms with Crippen LogP contribution in [0, 0.1) is 17.8 Å². The van der Waals surface area contributed by atoms with Crippen LogP contribution in [0.25, 0.3) is 0 Å². The Bertz CT molecular complexity index is 377. The smallest absolute Gasteiger partial charge is 0.333 e. The Labute approximate surface area is 116 Å². The van der Waals surface area contributed by atoms with E-state index in [1.807, 2.05) is 0 Å². The second-order valence-corrected chi connectivity index (χ2v) is 6.94. The lowest BCUT2D eigenvalue weighted by Crippen LogP contribution is -2.44. The number of carbonyl (C=O) groups excluding carboxylic acids is 1. The molecule has 0 aliphatic heterocycles. The third-order valence-electron chi connectivity index (χ3n) is 5.58. The van der Waals surface area contributed by atoms with Gasteiger partial charge in [-0.05, 0) is 50.9 Å². The second-order valence-electron chi connectivity index (χ2n) is 6.94. The molecule has 19 heavy (non-hydrogen) atoms. The highest BCUT2D eigenvalue weighted by molar-refractivity contribution is 5.87. The van der Waals surface area contributed by atoms with Crippen LogP contribution >= 0.6 is 0 Å². The molecule has 3 aliphatic carbocycles. The van der Waals surface area contributed by atoms with E-state index in [0.29, 0.717) is 17.4 Å². The molecular weight excluding hydrogens is 236 g/mol. The number of esters is 1. The van der Waals surface area contributed by atoms with Crippen LogP contribution in [0.3, 0.4) is 0 Å². The van der Waals surface area contributed by atoms with Gasteiger partial charge in [0, 0.05) is 11.5 Å². The lowest BCUT2D eigenvalue weighted by atomic mass is 9.76. The molecule has 2 nitrogen and oxygen atoms in total. The predicted octanol–water partition coefficient (Wildman–Crippen LogP) is 4.24. The maximum Gasteiger partial charge on any atom is 0.333 e. The van der Waals surface area contributed by atoms with Crippen molar-refractivity contribution in [3.05, 3.63) is 12.2 Å². The summed E-state index contributed by atoms with van der Waals surface area (Å²) < 4.78 is 6.07. The Balaban J connectivity index is 1.81. The first-order valence-electron chi connectivity index (χ1n) is 8.02. The average molecular weight is 262 g/mol. The highest BCUT2D eigenvalue weighted by Gasteiger charge is 2.57. The standard InChI is InChI=1S/C17H26O2/c1-12(2)16(18)19-17(14-9-10-14)11-5-8-15(17)13-6-3-4-7-13/h13-15H,1,3-11H2,2H3. The van der Waals surface area contributed by atoms with Gasteiger partial charge in [0.25, 0.3) is 0 Å². The van der Waals surface area contributed by atoms with E-state index in [2.05, 4.69) is 6.58 Å². The van der Waals surface area contributed by atoms with Crippen molar-refractivity contribution in [1.82, 2.24) is 0 Å². The van der Waals surface area contributed by atoms with E-state index in [4.69, 9.17) is 4.74 Å². The monoisotopic (exact) mass is 262 g/mol. The summed E-state index contributed by atoms with van der Waals surface area (Å²) in [6, 6.07) is 0. The third-order valence-corrected chi connectivity index (χ3v) is 5.58. The summed E-state index contributed by atoms with van der Waals surface area (Å²) in [4.78, 5) is 12.1. The molecule has 3 aliphatic rings. The van der Waals surface area contributed by atoms with E-state index in [0.717, 1.165) is 12.3 Å². The van der Waals surface area contributed by atoms with Gasteiger partial charge in [-0.2, -0.15) is 0 Å². The highest BCUT2D eigenvalue weighted by atomic mass is 16.6. The number of hydrogen-bond acceptors (Lipinski definition) is 2. The zero-order chi connectivity index (χ0) is 13.5. The average Bonchev–Trinajstić information content (AvgIpc) is 2.95. The Hall–Kier alpha value is -0.790. The molecule has 0 saturated heterocycles. The fourth-order valence-electron chi connectivity index (χ4n) is 4.57. The maximum atomic E-state index is 12.1. The zero-order valence-electron chi connectivity index (χ0n) is 12.1. The van der Waals surface area contributed by atoms with Crippen LogP contribution in [0.4, 0.5) is 0 Å². The first-order valence-corrected chi connectivity index (χ1v) is 8.02. The topological polar surface area (TPSA) is 26.3 Å². The van der Waals surface area contributed by atoms with Crippen LogP contribution in [0.15, 0.2) is 12.2 Å². The van der Waals surface area contributed by atoms with Crippen molar-refractivity contribution in [1.29, 1.82) is 0 Å². The molecule has 0 aromatic heterocycles. The fraction of sp³-hybridized carbons (Fsp3) is 0.824. The number of hydrogen-bond donors (Lipinski definition) is 0. The van der Waals surface area contributed by atoms with Crippen LogP contribution in [0.2, 0.25) is 0 Å². The summed E-state index contributed by atoms with van der Waals surface area (Å²) in [5.41, 5.74) is 0.433. The SMILES string of the molecule is C=C(C)C(=O)OC1(C2CC2)CCCC1C1CCCC1. The molecular formula is C17H26O2. The van der Waals surface area contributed by atoms with Gasteiger partial charge in [-0.15, -0.1) is 0 Å². The van der Waals surface area contributed by atoms with Crippen LogP contribution in [-0.2, 0) is 9.53 Å². The third kappa shape index (κ3) is 2.34. The predicted molar refractivity (Wildman–Crippen MR) is 75.7 cm³/mol.